The van der Waals surface area contributed by atoms with Crippen molar-refractivity contribution in [3.8, 4) is 0 Å². The number of benzene rings is 2. The van der Waals surface area contributed by atoms with Gasteiger partial charge in [0.05, 0.1) is 5.02 Å². The van der Waals surface area contributed by atoms with Crippen LogP contribution in [0.2, 0.25) is 5.02 Å². The monoisotopic (exact) mass is 291 g/mol. The first kappa shape index (κ1) is 15.0. The maximum atomic E-state index is 13.2. The van der Waals surface area contributed by atoms with Gasteiger partial charge in [-0.2, -0.15) is 0 Å². The third-order valence-corrected chi connectivity index (χ3v) is 3.93. The second kappa shape index (κ2) is 6.87. The fourth-order valence-corrected chi connectivity index (χ4v) is 2.77. The molecule has 0 heterocycles. The predicted molar refractivity (Wildman–Crippen MR) is 82.6 cm³/mol. The van der Waals surface area contributed by atoms with Crippen LogP contribution in [0.1, 0.15) is 30.4 Å². The van der Waals surface area contributed by atoms with Crippen LogP contribution < -0.4 is 5.73 Å². The lowest BCUT2D eigenvalue weighted by Gasteiger charge is -2.23. The van der Waals surface area contributed by atoms with Gasteiger partial charge in [0.25, 0.3) is 0 Å². The molecule has 1 nitrogen and oxygen atoms in total. The van der Waals surface area contributed by atoms with E-state index in [2.05, 4.69) is 19.1 Å². The van der Waals surface area contributed by atoms with E-state index < -0.39 is 0 Å². The van der Waals surface area contributed by atoms with Crippen LogP contribution in [0, 0.1) is 5.82 Å². The number of hydrogen-bond donors (Lipinski definition) is 1. The molecule has 2 aromatic rings. The number of hydrogen-bond acceptors (Lipinski definition) is 1. The molecule has 2 aromatic carbocycles. The minimum atomic E-state index is -0.390. The Hall–Kier alpha value is -1.38. The SMILES string of the molecule is CCC(c1ccccc1)C(N)Cc1ccc(F)c(Cl)c1. The summed E-state index contributed by atoms with van der Waals surface area (Å²) in [4.78, 5) is 0. The highest BCUT2D eigenvalue weighted by Gasteiger charge is 2.18. The molecule has 2 rings (SSSR count). The smallest absolute Gasteiger partial charge is 0.141 e. The van der Waals surface area contributed by atoms with Gasteiger partial charge in [-0.15, -0.1) is 0 Å². The van der Waals surface area contributed by atoms with Crippen LogP contribution in [-0.2, 0) is 6.42 Å². The average Bonchev–Trinajstić information content (AvgIpc) is 2.45. The van der Waals surface area contributed by atoms with Gasteiger partial charge in [0.2, 0.25) is 0 Å². The van der Waals surface area contributed by atoms with Crippen LogP contribution in [0.25, 0.3) is 0 Å². The van der Waals surface area contributed by atoms with E-state index in [4.69, 9.17) is 17.3 Å². The van der Waals surface area contributed by atoms with Gasteiger partial charge >= 0.3 is 0 Å². The van der Waals surface area contributed by atoms with Gasteiger partial charge in [-0.05, 0) is 42.0 Å². The average molecular weight is 292 g/mol. The first-order valence-corrected chi connectivity index (χ1v) is 7.24. The van der Waals surface area contributed by atoms with Crippen molar-refractivity contribution in [2.75, 3.05) is 0 Å². The summed E-state index contributed by atoms with van der Waals surface area (Å²) in [5, 5.41) is 0.155. The lowest BCUT2D eigenvalue weighted by molar-refractivity contribution is 0.514. The summed E-state index contributed by atoms with van der Waals surface area (Å²) in [7, 11) is 0. The summed E-state index contributed by atoms with van der Waals surface area (Å²) in [6.07, 6.45) is 1.66. The number of nitrogens with two attached hydrogens (primary N) is 1. The molecule has 2 N–H and O–H groups in total. The van der Waals surface area contributed by atoms with Gasteiger partial charge in [-0.1, -0.05) is 54.9 Å². The van der Waals surface area contributed by atoms with E-state index >= 15 is 0 Å². The third kappa shape index (κ3) is 3.59. The van der Waals surface area contributed by atoms with Crippen molar-refractivity contribution in [1.29, 1.82) is 0 Å². The molecule has 0 spiro atoms. The zero-order valence-electron chi connectivity index (χ0n) is 11.5. The lowest BCUT2D eigenvalue weighted by atomic mass is 9.86. The van der Waals surface area contributed by atoms with Gasteiger partial charge in [-0.25, -0.2) is 4.39 Å². The molecule has 0 aromatic heterocycles. The van der Waals surface area contributed by atoms with Crippen molar-refractivity contribution in [3.05, 3.63) is 70.5 Å². The summed E-state index contributed by atoms with van der Waals surface area (Å²) in [5.41, 5.74) is 8.56. The Kier molecular flexibility index (Phi) is 5.16. The zero-order valence-corrected chi connectivity index (χ0v) is 12.3. The summed E-state index contributed by atoms with van der Waals surface area (Å²) in [6, 6.07) is 15.1. The van der Waals surface area contributed by atoms with Gasteiger partial charge < -0.3 is 5.73 Å². The summed E-state index contributed by atoms with van der Waals surface area (Å²) in [6.45, 7) is 2.13. The summed E-state index contributed by atoms with van der Waals surface area (Å²) in [5.74, 6) is -0.0980. The van der Waals surface area contributed by atoms with Crippen molar-refractivity contribution in [3.63, 3.8) is 0 Å². The molecule has 106 valence electrons. The van der Waals surface area contributed by atoms with E-state index in [1.807, 2.05) is 18.2 Å². The fourth-order valence-electron chi connectivity index (χ4n) is 2.57. The van der Waals surface area contributed by atoms with Crippen LogP contribution in [0.5, 0.6) is 0 Å². The van der Waals surface area contributed by atoms with Crippen molar-refractivity contribution < 1.29 is 4.39 Å². The van der Waals surface area contributed by atoms with Gasteiger partial charge in [0.15, 0.2) is 0 Å². The molecule has 0 aliphatic heterocycles. The third-order valence-electron chi connectivity index (χ3n) is 3.64. The quantitative estimate of drug-likeness (QED) is 0.860. The summed E-state index contributed by atoms with van der Waals surface area (Å²) >= 11 is 5.81. The Labute approximate surface area is 124 Å². The molecule has 3 heteroatoms. The fraction of sp³-hybridized carbons (Fsp3) is 0.294. The highest BCUT2D eigenvalue weighted by molar-refractivity contribution is 6.30. The topological polar surface area (TPSA) is 26.0 Å². The molecule has 0 aliphatic rings. The Balaban J connectivity index is 2.13. The second-order valence-electron chi connectivity index (χ2n) is 5.04. The maximum Gasteiger partial charge on any atom is 0.141 e. The Morgan fingerprint density at radius 1 is 1.15 bits per heavy atom. The number of rotatable bonds is 5. The Morgan fingerprint density at radius 2 is 1.85 bits per heavy atom. The molecule has 20 heavy (non-hydrogen) atoms. The zero-order chi connectivity index (χ0) is 14.5. The molecule has 0 amide bonds. The highest BCUT2D eigenvalue weighted by atomic mass is 35.5. The summed E-state index contributed by atoms with van der Waals surface area (Å²) < 4.78 is 13.2. The van der Waals surface area contributed by atoms with Crippen molar-refractivity contribution in [2.45, 2.75) is 31.7 Å². The predicted octanol–water partition coefficient (Wildman–Crippen LogP) is 4.54. The molecular formula is C17H19ClFN. The van der Waals surface area contributed by atoms with E-state index in [0.717, 1.165) is 12.0 Å². The van der Waals surface area contributed by atoms with E-state index in [0.29, 0.717) is 12.3 Å². The number of halogens is 2. The molecule has 0 fully saturated rings. The maximum absolute atomic E-state index is 13.2. The Morgan fingerprint density at radius 3 is 2.45 bits per heavy atom. The molecular weight excluding hydrogens is 273 g/mol. The van der Waals surface area contributed by atoms with Crippen molar-refractivity contribution >= 4 is 11.6 Å². The first-order valence-electron chi connectivity index (χ1n) is 6.86. The molecule has 0 saturated heterocycles. The van der Waals surface area contributed by atoms with E-state index in [-0.39, 0.29) is 16.9 Å². The normalized spacial score (nSPS) is 14.0. The van der Waals surface area contributed by atoms with Crippen LogP contribution in [0.3, 0.4) is 0 Å². The molecule has 2 atom stereocenters. The molecule has 0 aliphatic carbocycles. The molecule has 2 unspecified atom stereocenters. The lowest BCUT2D eigenvalue weighted by Crippen LogP contribution is -2.30. The Bertz CT molecular complexity index is 556. The van der Waals surface area contributed by atoms with Gasteiger partial charge in [0.1, 0.15) is 5.82 Å². The van der Waals surface area contributed by atoms with E-state index in [1.165, 1.54) is 11.6 Å². The van der Waals surface area contributed by atoms with E-state index in [1.54, 1.807) is 12.1 Å². The van der Waals surface area contributed by atoms with Crippen LogP contribution in [0.4, 0.5) is 4.39 Å². The van der Waals surface area contributed by atoms with E-state index in [9.17, 15) is 4.39 Å². The van der Waals surface area contributed by atoms with Gasteiger partial charge in [0, 0.05) is 6.04 Å². The standard InChI is InChI=1S/C17H19ClFN/c1-2-14(13-6-4-3-5-7-13)17(20)11-12-8-9-16(19)15(18)10-12/h3-10,14,17H,2,11,20H2,1H3. The molecule has 0 bridgehead atoms. The second-order valence-corrected chi connectivity index (χ2v) is 5.45. The van der Waals surface area contributed by atoms with Crippen LogP contribution in [-0.4, -0.2) is 6.04 Å². The van der Waals surface area contributed by atoms with Crippen molar-refractivity contribution in [1.82, 2.24) is 0 Å². The molecule has 0 radical (unpaired) electrons. The van der Waals surface area contributed by atoms with Crippen LogP contribution >= 0.6 is 11.6 Å². The van der Waals surface area contributed by atoms with Crippen LogP contribution in [0.15, 0.2) is 48.5 Å². The minimum Gasteiger partial charge on any atom is -0.327 e. The van der Waals surface area contributed by atoms with Gasteiger partial charge in [-0.3, -0.25) is 0 Å². The largest absolute Gasteiger partial charge is 0.327 e. The highest BCUT2D eigenvalue weighted by Crippen LogP contribution is 2.25. The van der Waals surface area contributed by atoms with Crippen molar-refractivity contribution in [2.24, 2.45) is 5.73 Å². The minimum absolute atomic E-state index is 0.0103. The first-order chi connectivity index (χ1) is 9.61. The molecule has 0 saturated carbocycles.